The zero-order valence-corrected chi connectivity index (χ0v) is 9.54. The fourth-order valence-corrected chi connectivity index (χ4v) is 1.39. The normalized spacial score (nSPS) is 13.0. The first-order valence-corrected chi connectivity index (χ1v) is 5.19. The molecular formula is C11H21NO2. The van der Waals surface area contributed by atoms with E-state index in [1.165, 1.54) is 0 Å². The summed E-state index contributed by atoms with van der Waals surface area (Å²) in [5.74, 6) is 0.912. The molecule has 0 fully saturated rings. The molecule has 14 heavy (non-hydrogen) atoms. The van der Waals surface area contributed by atoms with Gasteiger partial charge in [-0.05, 0) is 18.3 Å². The fraction of sp³-hybridized carbons (Fsp3) is 0.818. The van der Waals surface area contributed by atoms with Crippen molar-refractivity contribution < 1.29 is 9.59 Å². The van der Waals surface area contributed by atoms with Crippen LogP contribution in [0.5, 0.6) is 0 Å². The average Bonchev–Trinajstić information content (AvgIpc) is 2.01. The van der Waals surface area contributed by atoms with E-state index in [4.69, 9.17) is 0 Å². The largest absolute Gasteiger partial charge is 0.349 e. The molecule has 0 heterocycles. The van der Waals surface area contributed by atoms with Crippen LogP contribution in [0.1, 0.15) is 40.5 Å². The molecule has 0 aromatic carbocycles. The topological polar surface area (TPSA) is 46.2 Å². The van der Waals surface area contributed by atoms with Gasteiger partial charge in [-0.25, -0.2) is 0 Å². The summed E-state index contributed by atoms with van der Waals surface area (Å²) in [6.07, 6.45) is 1.88. The van der Waals surface area contributed by atoms with Gasteiger partial charge in [0.15, 0.2) is 5.78 Å². The van der Waals surface area contributed by atoms with Crippen molar-refractivity contribution in [3.05, 3.63) is 0 Å². The summed E-state index contributed by atoms with van der Waals surface area (Å²) in [5.41, 5.74) is 0. The van der Waals surface area contributed by atoms with Crippen LogP contribution in [0, 0.1) is 11.8 Å². The molecule has 1 N–H and O–H groups in total. The Morgan fingerprint density at radius 2 is 1.79 bits per heavy atom. The first kappa shape index (κ1) is 13.1. The summed E-state index contributed by atoms with van der Waals surface area (Å²) in [5, 5.41) is 2.59. The SMILES string of the molecule is CC(C)CC(=O)C(CC(C)C)NC=O. The molecule has 3 heteroatoms. The third kappa shape index (κ3) is 5.73. The zero-order valence-electron chi connectivity index (χ0n) is 9.54. The predicted octanol–water partition coefficient (Wildman–Crippen LogP) is 1.76. The summed E-state index contributed by atoms with van der Waals surface area (Å²) < 4.78 is 0. The number of ketones is 1. The van der Waals surface area contributed by atoms with Crippen LogP contribution in [0.3, 0.4) is 0 Å². The maximum atomic E-state index is 11.7. The molecule has 1 atom stereocenters. The van der Waals surface area contributed by atoms with E-state index in [-0.39, 0.29) is 11.8 Å². The van der Waals surface area contributed by atoms with Crippen molar-refractivity contribution in [1.82, 2.24) is 5.32 Å². The second kappa shape index (κ2) is 6.57. The molecule has 0 aliphatic carbocycles. The molecule has 0 radical (unpaired) electrons. The lowest BCUT2D eigenvalue weighted by atomic mass is 9.95. The monoisotopic (exact) mass is 199 g/mol. The van der Waals surface area contributed by atoms with E-state index in [0.29, 0.717) is 24.7 Å². The van der Waals surface area contributed by atoms with Crippen LogP contribution in [0.15, 0.2) is 0 Å². The lowest BCUT2D eigenvalue weighted by Crippen LogP contribution is -2.37. The van der Waals surface area contributed by atoms with Crippen molar-refractivity contribution in [1.29, 1.82) is 0 Å². The van der Waals surface area contributed by atoms with Gasteiger partial charge in [-0.1, -0.05) is 27.7 Å². The van der Waals surface area contributed by atoms with Crippen molar-refractivity contribution >= 4 is 12.2 Å². The minimum atomic E-state index is -0.296. The molecule has 1 amide bonds. The molecule has 0 aromatic rings. The highest BCUT2D eigenvalue weighted by Crippen LogP contribution is 2.10. The molecule has 82 valence electrons. The average molecular weight is 199 g/mol. The number of Topliss-reactive ketones (excluding diaryl/α,β-unsaturated/α-hetero) is 1. The van der Waals surface area contributed by atoms with Gasteiger partial charge < -0.3 is 5.32 Å². The molecule has 0 aliphatic rings. The van der Waals surface area contributed by atoms with E-state index < -0.39 is 0 Å². The van der Waals surface area contributed by atoms with Crippen molar-refractivity contribution in [2.45, 2.75) is 46.6 Å². The van der Waals surface area contributed by atoms with Gasteiger partial charge in [0.1, 0.15) is 0 Å². The number of nitrogens with one attached hydrogen (secondary N) is 1. The number of amides is 1. The van der Waals surface area contributed by atoms with Crippen molar-refractivity contribution in [2.75, 3.05) is 0 Å². The van der Waals surface area contributed by atoms with Crippen molar-refractivity contribution in [3.63, 3.8) is 0 Å². The number of carbonyl (C=O) groups is 2. The molecule has 0 aliphatic heterocycles. The number of rotatable bonds is 7. The molecule has 0 rings (SSSR count). The van der Waals surface area contributed by atoms with Crippen LogP contribution in [0.4, 0.5) is 0 Å². The van der Waals surface area contributed by atoms with E-state index in [1.54, 1.807) is 0 Å². The Hall–Kier alpha value is -0.860. The minimum Gasteiger partial charge on any atom is -0.349 e. The van der Waals surface area contributed by atoms with Crippen LogP contribution in [0.25, 0.3) is 0 Å². The maximum Gasteiger partial charge on any atom is 0.207 e. The van der Waals surface area contributed by atoms with Crippen LogP contribution >= 0.6 is 0 Å². The van der Waals surface area contributed by atoms with Gasteiger partial charge in [-0.3, -0.25) is 9.59 Å². The molecule has 0 saturated heterocycles. The van der Waals surface area contributed by atoms with Gasteiger partial charge in [-0.2, -0.15) is 0 Å². The van der Waals surface area contributed by atoms with Gasteiger partial charge in [-0.15, -0.1) is 0 Å². The van der Waals surface area contributed by atoms with E-state index in [2.05, 4.69) is 5.32 Å². The first-order valence-electron chi connectivity index (χ1n) is 5.19. The smallest absolute Gasteiger partial charge is 0.207 e. The van der Waals surface area contributed by atoms with E-state index in [1.807, 2.05) is 27.7 Å². The summed E-state index contributed by atoms with van der Waals surface area (Å²) >= 11 is 0. The predicted molar refractivity (Wildman–Crippen MR) is 56.9 cm³/mol. The Morgan fingerprint density at radius 1 is 1.21 bits per heavy atom. The number of hydrogen-bond acceptors (Lipinski definition) is 2. The Balaban J connectivity index is 4.17. The van der Waals surface area contributed by atoms with Crippen LogP contribution in [-0.2, 0) is 9.59 Å². The highest BCUT2D eigenvalue weighted by molar-refractivity contribution is 5.85. The third-order valence-corrected chi connectivity index (χ3v) is 1.97. The van der Waals surface area contributed by atoms with Gasteiger partial charge in [0.2, 0.25) is 6.41 Å². The lowest BCUT2D eigenvalue weighted by molar-refractivity contribution is -0.124. The van der Waals surface area contributed by atoms with Gasteiger partial charge in [0.05, 0.1) is 6.04 Å². The highest BCUT2D eigenvalue weighted by Gasteiger charge is 2.19. The zero-order chi connectivity index (χ0) is 11.1. The van der Waals surface area contributed by atoms with Crippen molar-refractivity contribution in [3.8, 4) is 0 Å². The van der Waals surface area contributed by atoms with E-state index in [9.17, 15) is 9.59 Å². The highest BCUT2D eigenvalue weighted by atomic mass is 16.1. The lowest BCUT2D eigenvalue weighted by Gasteiger charge is -2.17. The Bertz CT molecular complexity index is 188. The molecule has 0 aromatic heterocycles. The van der Waals surface area contributed by atoms with E-state index >= 15 is 0 Å². The summed E-state index contributed by atoms with van der Waals surface area (Å²) in [6, 6.07) is -0.296. The molecule has 0 saturated carbocycles. The second-order valence-electron chi connectivity index (χ2n) is 4.53. The van der Waals surface area contributed by atoms with Crippen LogP contribution < -0.4 is 5.32 Å². The molecular weight excluding hydrogens is 178 g/mol. The minimum absolute atomic E-state index is 0.140. The fourth-order valence-electron chi connectivity index (χ4n) is 1.39. The molecule has 3 nitrogen and oxygen atoms in total. The Morgan fingerprint density at radius 3 is 2.14 bits per heavy atom. The molecule has 0 spiro atoms. The van der Waals surface area contributed by atoms with Gasteiger partial charge in [0.25, 0.3) is 0 Å². The number of hydrogen-bond donors (Lipinski definition) is 1. The Kier molecular flexibility index (Phi) is 6.17. The van der Waals surface area contributed by atoms with Crippen molar-refractivity contribution in [2.24, 2.45) is 11.8 Å². The first-order chi connectivity index (χ1) is 6.47. The van der Waals surface area contributed by atoms with Crippen LogP contribution in [-0.4, -0.2) is 18.2 Å². The Labute approximate surface area is 86.3 Å². The summed E-state index contributed by atoms with van der Waals surface area (Å²) in [7, 11) is 0. The quantitative estimate of drug-likeness (QED) is 0.635. The van der Waals surface area contributed by atoms with Gasteiger partial charge in [0, 0.05) is 6.42 Å². The molecule has 1 unspecified atom stereocenters. The van der Waals surface area contributed by atoms with Gasteiger partial charge >= 0.3 is 0 Å². The maximum absolute atomic E-state index is 11.7. The summed E-state index contributed by atoms with van der Waals surface area (Å²) in [4.78, 5) is 22.0. The second-order valence-corrected chi connectivity index (χ2v) is 4.53. The molecule has 0 bridgehead atoms. The third-order valence-electron chi connectivity index (χ3n) is 1.97. The summed E-state index contributed by atoms with van der Waals surface area (Å²) in [6.45, 7) is 8.10. The van der Waals surface area contributed by atoms with E-state index in [0.717, 1.165) is 6.42 Å². The number of carbonyl (C=O) groups excluding carboxylic acids is 2. The standard InChI is InChI=1S/C11H21NO2/c1-8(2)5-10(12-7-13)11(14)6-9(3)4/h7-10H,5-6H2,1-4H3,(H,12,13). The van der Waals surface area contributed by atoms with Crippen LogP contribution in [0.2, 0.25) is 0 Å².